The van der Waals surface area contributed by atoms with Crippen molar-refractivity contribution in [1.29, 1.82) is 0 Å². The van der Waals surface area contributed by atoms with Gasteiger partial charge in [-0.05, 0) is 49.6 Å². The van der Waals surface area contributed by atoms with Crippen LogP contribution in [0.5, 0.6) is 0 Å². The molecule has 1 heterocycles. The summed E-state index contributed by atoms with van der Waals surface area (Å²) >= 11 is 0. The summed E-state index contributed by atoms with van der Waals surface area (Å²) in [4.78, 5) is 51.0. The van der Waals surface area contributed by atoms with Crippen LogP contribution in [0, 0.1) is 6.92 Å². The zero-order valence-electron chi connectivity index (χ0n) is 17.2. The molecular weight excluding hydrogens is 396 g/mol. The monoisotopic (exact) mass is 420 g/mol. The molecule has 2 aliphatic rings. The van der Waals surface area contributed by atoms with Crippen LogP contribution in [-0.4, -0.2) is 40.7 Å². The minimum absolute atomic E-state index is 0.256. The number of nitrogens with zero attached hydrogens (tertiary/aromatic N) is 1. The van der Waals surface area contributed by atoms with Crippen LogP contribution in [0.1, 0.15) is 41.6 Å². The molecule has 160 valence electrons. The first-order chi connectivity index (χ1) is 14.9. The van der Waals surface area contributed by atoms with E-state index in [0.29, 0.717) is 35.3 Å². The summed E-state index contributed by atoms with van der Waals surface area (Å²) < 4.78 is 0. The molecule has 5 amide bonds. The SMILES string of the molecule is Cc1c(NC(=O)CN2C(=O)NC3(CCCC3)C2=O)cccc1NC(=O)c1ccccc1. The Kier molecular flexibility index (Phi) is 5.46. The van der Waals surface area contributed by atoms with Crippen molar-refractivity contribution < 1.29 is 19.2 Å². The molecule has 4 rings (SSSR count). The Labute approximate surface area is 180 Å². The van der Waals surface area contributed by atoms with Crippen LogP contribution in [0.4, 0.5) is 16.2 Å². The Morgan fingerprint density at radius 2 is 1.61 bits per heavy atom. The van der Waals surface area contributed by atoms with Crippen molar-refractivity contribution in [2.45, 2.75) is 38.1 Å². The smallest absolute Gasteiger partial charge is 0.324 e. The molecule has 0 aromatic heterocycles. The summed E-state index contributed by atoms with van der Waals surface area (Å²) in [6.07, 6.45) is 2.98. The summed E-state index contributed by atoms with van der Waals surface area (Å²) in [6, 6.07) is 13.5. The van der Waals surface area contributed by atoms with E-state index in [1.165, 1.54) is 0 Å². The lowest BCUT2D eigenvalue weighted by molar-refractivity contribution is -0.133. The molecule has 2 aromatic carbocycles. The highest BCUT2D eigenvalue weighted by atomic mass is 16.2. The van der Waals surface area contributed by atoms with Crippen molar-refractivity contribution in [1.82, 2.24) is 10.2 Å². The van der Waals surface area contributed by atoms with Crippen molar-refractivity contribution >= 4 is 35.1 Å². The predicted octanol–water partition coefficient (Wildman–Crippen LogP) is 3.05. The normalized spacial score (nSPS) is 17.0. The van der Waals surface area contributed by atoms with E-state index in [-0.39, 0.29) is 18.4 Å². The van der Waals surface area contributed by atoms with Gasteiger partial charge in [0.25, 0.3) is 11.8 Å². The third-order valence-corrected chi connectivity index (χ3v) is 5.90. The third-order valence-electron chi connectivity index (χ3n) is 5.90. The van der Waals surface area contributed by atoms with E-state index in [4.69, 9.17) is 0 Å². The predicted molar refractivity (Wildman–Crippen MR) is 116 cm³/mol. The molecule has 1 saturated carbocycles. The van der Waals surface area contributed by atoms with Crippen molar-refractivity contribution in [2.75, 3.05) is 17.2 Å². The quantitative estimate of drug-likeness (QED) is 0.646. The van der Waals surface area contributed by atoms with Crippen LogP contribution in [0.25, 0.3) is 0 Å². The molecule has 31 heavy (non-hydrogen) atoms. The van der Waals surface area contributed by atoms with Gasteiger partial charge in [0.05, 0.1) is 0 Å². The van der Waals surface area contributed by atoms with Gasteiger partial charge in [0, 0.05) is 16.9 Å². The lowest BCUT2D eigenvalue weighted by Gasteiger charge is -2.20. The molecule has 1 aliphatic carbocycles. The van der Waals surface area contributed by atoms with Gasteiger partial charge in [0.1, 0.15) is 12.1 Å². The van der Waals surface area contributed by atoms with Gasteiger partial charge in [-0.3, -0.25) is 19.3 Å². The molecule has 8 heteroatoms. The van der Waals surface area contributed by atoms with Gasteiger partial charge in [0.15, 0.2) is 0 Å². The topological polar surface area (TPSA) is 108 Å². The summed E-state index contributed by atoms with van der Waals surface area (Å²) in [5.41, 5.74) is 1.42. The number of amides is 5. The molecule has 1 saturated heterocycles. The van der Waals surface area contributed by atoms with Gasteiger partial charge < -0.3 is 16.0 Å². The van der Waals surface area contributed by atoms with E-state index in [9.17, 15) is 19.2 Å². The summed E-state index contributed by atoms with van der Waals surface area (Å²) in [7, 11) is 0. The number of imide groups is 1. The van der Waals surface area contributed by atoms with Crippen molar-refractivity contribution in [3.8, 4) is 0 Å². The fourth-order valence-electron chi connectivity index (χ4n) is 4.16. The molecule has 8 nitrogen and oxygen atoms in total. The van der Waals surface area contributed by atoms with Crippen LogP contribution < -0.4 is 16.0 Å². The molecule has 0 unspecified atom stereocenters. The van der Waals surface area contributed by atoms with Crippen LogP contribution in [0.3, 0.4) is 0 Å². The second-order valence-corrected chi connectivity index (χ2v) is 7.96. The second kappa shape index (κ2) is 8.22. The largest absolute Gasteiger partial charge is 0.325 e. The lowest BCUT2D eigenvalue weighted by atomic mass is 9.98. The van der Waals surface area contributed by atoms with Gasteiger partial charge in [-0.25, -0.2) is 4.79 Å². The maximum atomic E-state index is 12.7. The Morgan fingerprint density at radius 3 is 2.29 bits per heavy atom. The maximum Gasteiger partial charge on any atom is 0.325 e. The van der Waals surface area contributed by atoms with E-state index in [0.717, 1.165) is 17.7 Å². The number of hydrogen-bond acceptors (Lipinski definition) is 4. The average molecular weight is 420 g/mol. The van der Waals surface area contributed by atoms with Crippen LogP contribution >= 0.6 is 0 Å². The van der Waals surface area contributed by atoms with Gasteiger partial charge in [-0.15, -0.1) is 0 Å². The first-order valence-electron chi connectivity index (χ1n) is 10.3. The van der Waals surface area contributed by atoms with Crippen LogP contribution in [0.15, 0.2) is 48.5 Å². The van der Waals surface area contributed by atoms with Crippen LogP contribution in [-0.2, 0) is 9.59 Å². The Bertz CT molecular complexity index is 1040. The standard InChI is InChI=1S/C23H24N4O4/c1-15-17(10-7-11-18(15)25-20(29)16-8-3-2-4-9-16)24-19(28)14-27-21(30)23(26-22(27)31)12-5-6-13-23/h2-4,7-11H,5-6,12-14H2,1H3,(H,24,28)(H,25,29)(H,26,31). The zero-order chi connectivity index (χ0) is 22.0. The number of carbonyl (C=O) groups is 4. The highest BCUT2D eigenvalue weighted by molar-refractivity contribution is 6.10. The van der Waals surface area contributed by atoms with Crippen molar-refractivity contribution in [3.63, 3.8) is 0 Å². The van der Waals surface area contributed by atoms with E-state index in [1.54, 1.807) is 49.4 Å². The number of hydrogen-bond donors (Lipinski definition) is 3. The molecule has 0 radical (unpaired) electrons. The van der Waals surface area contributed by atoms with Gasteiger partial charge in [-0.1, -0.05) is 37.1 Å². The summed E-state index contributed by atoms with van der Waals surface area (Å²) in [5.74, 6) is -1.06. The Balaban J connectivity index is 1.43. The van der Waals surface area contributed by atoms with E-state index in [1.807, 2.05) is 6.07 Å². The number of carbonyl (C=O) groups excluding carboxylic acids is 4. The Hall–Kier alpha value is -3.68. The fraction of sp³-hybridized carbons (Fsp3) is 0.304. The first-order valence-corrected chi connectivity index (χ1v) is 10.3. The molecule has 3 N–H and O–H groups in total. The number of benzene rings is 2. The molecule has 0 bridgehead atoms. The van der Waals surface area contributed by atoms with E-state index >= 15 is 0 Å². The Morgan fingerprint density at radius 1 is 0.968 bits per heavy atom. The molecule has 1 spiro atoms. The van der Waals surface area contributed by atoms with Crippen LogP contribution in [0.2, 0.25) is 0 Å². The second-order valence-electron chi connectivity index (χ2n) is 7.96. The summed E-state index contributed by atoms with van der Waals surface area (Å²) in [6.45, 7) is 1.42. The van der Waals surface area contributed by atoms with E-state index in [2.05, 4.69) is 16.0 Å². The van der Waals surface area contributed by atoms with Crippen molar-refractivity contribution in [3.05, 3.63) is 59.7 Å². The molecule has 0 atom stereocenters. The number of rotatable bonds is 5. The maximum absolute atomic E-state index is 12.7. The summed E-state index contributed by atoms with van der Waals surface area (Å²) in [5, 5.41) is 8.35. The highest BCUT2D eigenvalue weighted by Crippen LogP contribution is 2.35. The molecule has 2 fully saturated rings. The average Bonchev–Trinajstić information content (AvgIpc) is 3.32. The minimum Gasteiger partial charge on any atom is -0.324 e. The van der Waals surface area contributed by atoms with Gasteiger partial charge >= 0.3 is 6.03 Å². The number of anilines is 2. The lowest BCUT2D eigenvalue weighted by Crippen LogP contribution is -2.44. The molecule has 1 aliphatic heterocycles. The van der Waals surface area contributed by atoms with Crippen molar-refractivity contribution in [2.24, 2.45) is 0 Å². The number of nitrogens with one attached hydrogen (secondary N) is 3. The van der Waals surface area contributed by atoms with Gasteiger partial charge in [-0.2, -0.15) is 0 Å². The zero-order valence-corrected chi connectivity index (χ0v) is 17.2. The number of urea groups is 1. The third kappa shape index (κ3) is 4.01. The van der Waals surface area contributed by atoms with Gasteiger partial charge in [0.2, 0.25) is 5.91 Å². The molecule has 2 aromatic rings. The highest BCUT2D eigenvalue weighted by Gasteiger charge is 2.52. The molecular formula is C23H24N4O4. The minimum atomic E-state index is -0.838. The fourth-order valence-corrected chi connectivity index (χ4v) is 4.16. The van der Waals surface area contributed by atoms with E-state index < -0.39 is 17.5 Å². The first kappa shape index (κ1) is 20.6.